The number of benzene rings is 2. The minimum atomic E-state index is -4.48. The number of carbonyl (C=O) groups excluding carboxylic acids is 1. The second-order valence-electron chi connectivity index (χ2n) is 6.77. The Bertz CT molecular complexity index is 1190. The fourth-order valence-corrected chi connectivity index (χ4v) is 3.73. The van der Waals surface area contributed by atoms with Crippen molar-refractivity contribution in [2.45, 2.75) is 17.9 Å². The lowest BCUT2D eigenvalue weighted by atomic mass is 10.2. The number of thioether (sulfide) groups is 1. The molecule has 0 atom stereocenters. The van der Waals surface area contributed by atoms with Gasteiger partial charge in [0.1, 0.15) is 0 Å². The summed E-state index contributed by atoms with van der Waals surface area (Å²) in [6, 6.07) is 17.7. The van der Waals surface area contributed by atoms with Crippen molar-refractivity contribution in [3.05, 3.63) is 84.1 Å². The first kappa shape index (κ1) is 21.7. The van der Waals surface area contributed by atoms with Gasteiger partial charge in [-0.15, -0.1) is 10.2 Å². The van der Waals surface area contributed by atoms with Crippen LogP contribution in [0.1, 0.15) is 11.1 Å². The normalized spacial score (nSPS) is 11.5. The summed E-state index contributed by atoms with van der Waals surface area (Å²) in [6.45, 7) is 0.460. The van der Waals surface area contributed by atoms with Crippen molar-refractivity contribution in [2.24, 2.45) is 0 Å². The number of carbonyl (C=O) groups is 1. The Kier molecular flexibility index (Phi) is 6.31. The Morgan fingerprint density at radius 3 is 2.56 bits per heavy atom. The number of hydrogen-bond acceptors (Lipinski definition) is 5. The van der Waals surface area contributed by atoms with Gasteiger partial charge >= 0.3 is 6.18 Å². The number of anilines is 1. The summed E-state index contributed by atoms with van der Waals surface area (Å²) in [6.07, 6.45) is -2.95. The van der Waals surface area contributed by atoms with Crippen LogP contribution in [0.3, 0.4) is 0 Å². The van der Waals surface area contributed by atoms with Crippen LogP contribution in [0.25, 0.3) is 11.6 Å². The lowest BCUT2D eigenvalue weighted by Crippen LogP contribution is -2.15. The van der Waals surface area contributed by atoms with Gasteiger partial charge in [0.25, 0.3) is 0 Å². The molecule has 0 aliphatic carbocycles. The number of halogens is 3. The standard InChI is InChI=1S/C22H17F3N4O2S/c23-22(24,25)16-8-4-9-17(12-16)26-19(30)14-32-21-28-27-20(18-10-5-11-31-18)29(21)13-15-6-2-1-3-7-15/h1-12H,13-14H2,(H,26,30). The molecule has 0 unspecified atom stereocenters. The second kappa shape index (κ2) is 9.31. The molecule has 2 heterocycles. The number of alkyl halides is 3. The second-order valence-corrected chi connectivity index (χ2v) is 7.71. The molecule has 6 nitrogen and oxygen atoms in total. The summed E-state index contributed by atoms with van der Waals surface area (Å²) in [4.78, 5) is 12.4. The highest BCUT2D eigenvalue weighted by molar-refractivity contribution is 7.99. The molecular formula is C22H17F3N4O2S. The van der Waals surface area contributed by atoms with Crippen LogP contribution in [-0.4, -0.2) is 26.4 Å². The van der Waals surface area contributed by atoms with Gasteiger partial charge in [-0.2, -0.15) is 13.2 Å². The summed E-state index contributed by atoms with van der Waals surface area (Å²) in [5, 5.41) is 11.4. The molecule has 2 aromatic carbocycles. The summed E-state index contributed by atoms with van der Waals surface area (Å²) >= 11 is 1.13. The van der Waals surface area contributed by atoms with Crippen LogP contribution in [0.15, 0.2) is 82.6 Å². The highest BCUT2D eigenvalue weighted by atomic mass is 32.2. The molecule has 4 aromatic rings. The molecule has 1 N–H and O–H groups in total. The summed E-state index contributed by atoms with van der Waals surface area (Å²) in [7, 11) is 0. The average Bonchev–Trinajstić information content (AvgIpc) is 3.43. The fourth-order valence-electron chi connectivity index (χ4n) is 2.99. The van der Waals surface area contributed by atoms with E-state index < -0.39 is 17.6 Å². The van der Waals surface area contributed by atoms with Gasteiger partial charge in [-0.05, 0) is 35.9 Å². The third-order valence-corrected chi connectivity index (χ3v) is 5.41. The van der Waals surface area contributed by atoms with Crippen LogP contribution in [-0.2, 0) is 17.5 Å². The minimum Gasteiger partial charge on any atom is -0.461 e. The van der Waals surface area contributed by atoms with Crippen molar-refractivity contribution in [3.8, 4) is 11.6 Å². The van der Waals surface area contributed by atoms with Crippen LogP contribution in [0.5, 0.6) is 0 Å². The van der Waals surface area contributed by atoms with Gasteiger partial charge in [0.05, 0.1) is 24.1 Å². The highest BCUT2D eigenvalue weighted by Gasteiger charge is 2.30. The Hall–Kier alpha value is -3.53. The van der Waals surface area contributed by atoms with E-state index in [0.717, 1.165) is 29.5 Å². The number of furan rings is 1. The van der Waals surface area contributed by atoms with Gasteiger partial charge < -0.3 is 9.73 Å². The summed E-state index contributed by atoms with van der Waals surface area (Å²) < 4.78 is 45.9. The largest absolute Gasteiger partial charge is 0.461 e. The number of nitrogens with zero attached hydrogens (tertiary/aromatic N) is 3. The highest BCUT2D eigenvalue weighted by Crippen LogP contribution is 2.31. The first-order chi connectivity index (χ1) is 15.4. The topological polar surface area (TPSA) is 73.0 Å². The summed E-state index contributed by atoms with van der Waals surface area (Å²) in [5.74, 6) is 0.540. The van der Waals surface area contributed by atoms with Crippen molar-refractivity contribution < 1.29 is 22.4 Å². The first-order valence-corrected chi connectivity index (χ1v) is 10.5. The molecule has 1 amide bonds. The third kappa shape index (κ3) is 5.20. The molecule has 4 rings (SSSR count). The summed E-state index contributed by atoms with van der Waals surface area (Å²) in [5.41, 5.74) is 0.261. The van der Waals surface area contributed by atoms with E-state index in [-0.39, 0.29) is 11.4 Å². The van der Waals surface area contributed by atoms with Crippen LogP contribution >= 0.6 is 11.8 Å². The zero-order valence-corrected chi connectivity index (χ0v) is 17.4. The number of rotatable bonds is 7. The predicted molar refractivity (Wildman–Crippen MR) is 114 cm³/mol. The Balaban J connectivity index is 1.49. The maximum atomic E-state index is 12.9. The van der Waals surface area contributed by atoms with Gasteiger partial charge in [-0.1, -0.05) is 48.2 Å². The molecule has 164 valence electrons. The monoisotopic (exact) mass is 458 g/mol. The lowest BCUT2D eigenvalue weighted by molar-refractivity contribution is -0.137. The van der Waals surface area contributed by atoms with E-state index in [2.05, 4.69) is 15.5 Å². The van der Waals surface area contributed by atoms with Gasteiger partial charge in [0.2, 0.25) is 11.7 Å². The van der Waals surface area contributed by atoms with Crippen molar-refractivity contribution in [1.82, 2.24) is 14.8 Å². The molecular weight excluding hydrogens is 441 g/mol. The van der Waals surface area contributed by atoms with E-state index in [9.17, 15) is 18.0 Å². The molecule has 0 fully saturated rings. The smallest absolute Gasteiger partial charge is 0.416 e. The van der Waals surface area contributed by atoms with Crippen LogP contribution in [0.2, 0.25) is 0 Å². The van der Waals surface area contributed by atoms with Crippen molar-refractivity contribution >= 4 is 23.4 Å². The van der Waals surface area contributed by atoms with Crippen molar-refractivity contribution in [1.29, 1.82) is 0 Å². The maximum absolute atomic E-state index is 12.9. The molecule has 0 saturated heterocycles. The number of nitrogens with one attached hydrogen (secondary N) is 1. The zero-order valence-electron chi connectivity index (χ0n) is 16.5. The van der Waals surface area contributed by atoms with Crippen LogP contribution in [0.4, 0.5) is 18.9 Å². The number of aromatic nitrogens is 3. The molecule has 0 aliphatic rings. The predicted octanol–water partition coefficient (Wildman–Crippen LogP) is 5.34. The molecule has 10 heteroatoms. The van der Waals surface area contributed by atoms with Gasteiger partial charge in [-0.3, -0.25) is 9.36 Å². The number of amides is 1. The van der Waals surface area contributed by atoms with Crippen molar-refractivity contribution in [2.75, 3.05) is 11.1 Å². The molecule has 0 saturated carbocycles. The van der Waals surface area contributed by atoms with E-state index in [1.165, 1.54) is 18.4 Å². The minimum absolute atomic E-state index is 0.0542. The van der Waals surface area contributed by atoms with E-state index >= 15 is 0 Å². The Morgan fingerprint density at radius 1 is 1.03 bits per heavy atom. The first-order valence-electron chi connectivity index (χ1n) is 9.51. The third-order valence-electron chi connectivity index (χ3n) is 4.45. The molecule has 0 aliphatic heterocycles. The number of hydrogen-bond donors (Lipinski definition) is 1. The Morgan fingerprint density at radius 2 is 1.84 bits per heavy atom. The molecule has 2 aromatic heterocycles. The molecule has 0 spiro atoms. The van der Waals surface area contributed by atoms with Crippen LogP contribution < -0.4 is 5.32 Å². The zero-order chi connectivity index (χ0) is 22.6. The molecule has 0 radical (unpaired) electrons. The fraction of sp³-hybridized carbons (Fsp3) is 0.136. The van der Waals surface area contributed by atoms with Crippen molar-refractivity contribution in [3.63, 3.8) is 0 Å². The molecule has 0 bridgehead atoms. The quantitative estimate of drug-likeness (QED) is 0.379. The maximum Gasteiger partial charge on any atom is 0.416 e. The average molecular weight is 458 g/mol. The SMILES string of the molecule is O=C(CSc1nnc(-c2ccco2)n1Cc1ccccc1)Nc1cccc(C(F)(F)F)c1. The van der Waals surface area contributed by atoms with E-state index in [0.29, 0.717) is 23.3 Å². The van der Waals surface area contributed by atoms with Crippen LogP contribution in [0, 0.1) is 0 Å². The Labute approximate surface area is 185 Å². The van der Waals surface area contributed by atoms with Gasteiger partial charge in [-0.25, -0.2) is 0 Å². The van der Waals surface area contributed by atoms with E-state index in [1.54, 1.807) is 12.1 Å². The lowest BCUT2D eigenvalue weighted by Gasteiger charge is -2.11. The van der Waals surface area contributed by atoms with Gasteiger partial charge in [0, 0.05) is 5.69 Å². The van der Waals surface area contributed by atoms with E-state index in [4.69, 9.17) is 4.42 Å². The van der Waals surface area contributed by atoms with Gasteiger partial charge in [0.15, 0.2) is 10.9 Å². The molecule has 32 heavy (non-hydrogen) atoms. The van der Waals surface area contributed by atoms with E-state index in [1.807, 2.05) is 34.9 Å².